The summed E-state index contributed by atoms with van der Waals surface area (Å²) in [5.74, 6) is -0.0926. The van der Waals surface area contributed by atoms with Crippen LogP contribution in [0.25, 0.3) is 0 Å². The van der Waals surface area contributed by atoms with Crippen molar-refractivity contribution in [3.05, 3.63) is 42.4 Å². The highest BCUT2D eigenvalue weighted by atomic mass is 16.1. The van der Waals surface area contributed by atoms with Gasteiger partial charge in [-0.1, -0.05) is 6.07 Å². The van der Waals surface area contributed by atoms with Crippen LogP contribution >= 0.6 is 0 Å². The van der Waals surface area contributed by atoms with Crippen LogP contribution in [0.1, 0.15) is 10.5 Å². The lowest BCUT2D eigenvalue weighted by Crippen LogP contribution is -2.00. The summed E-state index contributed by atoms with van der Waals surface area (Å²) in [5.41, 5.74) is 0.462. The van der Waals surface area contributed by atoms with E-state index in [0.717, 1.165) is 0 Å². The molecule has 0 aliphatic rings. The molecule has 62 valence electrons. The molecule has 0 fully saturated rings. The van der Waals surface area contributed by atoms with Gasteiger partial charge in [-0.2, -0.15) is 0 Å². The van der Waals surface area contributed by atoms with Crippen LogP contribution in [0.2, 0.25) is 0 Å². The fourth-order valence-electron chi connectivity index (χ4n) is 0.753. The van der Waals surface area contributed by atoms with Gasteiger partial charge >= 0.3 is 0 Å². The molecular weight excluding hydrogens is 152 g/mol. The summed E-state index contributed by atoms with van der Waals surface area (Å²) in [4.78, 5) is 15.1. The minimum atomic E-state index is -0.0926. The maximum Gasteiger partial charge on any atom is 0.205 e. The van der Waals surface area contributed by atoms with E-state index in [1.54, 1.807) is 37.6 Å². The van der Waals surface area contributed by atoms with Crippen LogP contribution < -0.4 is 5.32 Å². The van der Waals surface area contributed by atoms with Crippen molar-refractivity contribution in [3.63, 3.8) is 0 Å². The Morgan fingerprint density at radius 3 is 3.00 bits per heavy atom. The van der Waals surface area contributed by atoms with Gasteiger partial charge in [0.2, 0.25) is 5.78 Å². The van der Waals surface area contributed by atoms with Gasteiger partial charge in [0, 0.05) is 25.5 Å². The number of pyridine rings is 1. The number of allylic oxidation sites excluding steroid dienone is 1. The Morgan fingerprint density at radius 2 is 2.42 bits per heavy atom. The maximum absolute atomic E-state index is 11.2. The molecule has 1 rings (SSSR count). The molecule has 1 N–H and O–H groups in total. The molecule has 1 aromatic heterocycles. The van der Waals surface area contributed by atoms with Gasteiger partial charge in [-0.25, -0.2) is 0 Å². The Hall–Kier alpha value is -1.64. The van der Waals surface area contributed by atoms with Gasteiger partial charge in [0.25, 0.3) is 0 Å². The van der Waals surface area contributed by atoms with Crippen LogP contribution in [0.4, 0.5) is 0 Å². The lowest BCUT2D eigenvalue weighted by atomic mass is 10.2. The standard InChI is InChI=1S/C9H10N2O/c1-10-7-5-9(12)8-4-2-3-6-11-8/h2-7,10H,1H3/b7-5+. The summed E-state index contributed by atoms with van der Waals surface area (Å²) in [6.45, 7) is 0. The number of nitrogens with one attached hydrogen (secondary N) is 1. The van der Waals surface area contributed by atoms with Gasteiger partial charge in [0.05, 0.1) is 0 Å². The fraction of sp³-hybridized carbons (Fsp3) is 0.111. The molecular formula is C9H10N2O. The Balaban J connectivity index is 2.72. The zero-order chi connectivity index (χ0) is 8.81. The number of hydrogen-bond donors (Lipinski definition) is 1. The average molecular weight is 162 g/mol. The second-order valence-corrected chi connectivity index (χ2v) is 2.20. The van der Waals surface area contributed by atoms with Crippen molar-refractivity contribution in [1.82, 2.24) is 10.3 Å². The largest absolute Gasteiger partial charge is 0.394 e. The first-order chi connectivity index (χ1) is 5.84. The quantitative estimate of drug-likeness (QED) is 0.532. The Labute approximate surface area is 71.1 Å². The molecule has 3 heteroatoms. The van der Waals surface area contributed by atoms with Gasteiger partial charge in [-0.3, -0.25) is 9.78 Å². The van der Waals surface area contributed by atoms with Crippen molar-refractivity contribution in [2.24, 2.45) is 0 Å². The van der Waals surface area contributed by atoms with Crippen LogP contribution in [0, 0.1) is 0 Å². The van der Waals surface area contributed by atoms with E-state index >= 15 is 0 Å². The van der Waals surface area contributed by atoms with Crippen LogP contribution in [0.3, 0.4) is 0 Å². The van der Waals surface area contributed by atoms with Crippen LogP contribution in [-0.2, 0) is 0 Å². The average Bonchev–Trinajstić information content (AvgIpc) is 2.15. The third-order valence-corrected chi connectivity index (χ3v) is 1.32. The fourth-order valence-corrected chi connectivity index (χ4v) is 0.753. The molecule has 0 saturated carbocycles. The van der Waals surface area contributed by atoms with Gasteiger partial charge in [0.1, 0.15) is 5.69 Å². The molecule has 12 heavy (non-hydrogen) atoms. The molecule has 1 heterocycles. The Morgan fingerprint density at radius 1 is 1.58 bits per heavy atom. The highest BCUT2D eigenvalue weighted by Crippen LogP contribution is 1.95. The summed E-state index contributed by atoms with van der Waals surface area (Å²) in [7, 11) is 1.74. The third-order valence-electron chi connectivity index (χ3n) is 1.32. The SMILES string of the molecule is CN/C=C/C(=O)c1ccccn1. The van der Waals surface area contributed by atoms with Crippen LogP contribution in [-0.4, -0.2) is 17.8 Å². The summed E-state index contributed by atoms with van der Waals surface area (Å²) < 4.78 is 0. The van der Waals surface area contributed by atoms with E-state index in [0.29, 0.717) is 5.69 Å². The summed E-state index contributed by atoms with van der Waals surface area (Å²) in [6, 6.07) is 5.24. The molecule has 0 aromatic carbocycles. The van der Waals surface area contributed by atoms with Crippen LogP contribution in [0.5, 0.6) is 0 Å². The molecule has 0 unspecified atom stereocenters. The first-order valence-electron chi connectivity index (χ1n) is 3.64. The maximum atomic E-state index is 11.2. The highest BCUT2D eigenvalue weighted by molar-refractivity contribution is 6.02. The number of carbonyl (C=O) groups excluding carboxylic acids is 1. The van der Waals surface area contributed by atoms with E-state index in [1.165, 1.54) is 6.08 Å². The van der Waals surface area contributed by atoms with Crippen molar-refractivity contribution >= 4 is 5.78 Å². The predicted molar refractivity (Wildman–Crippen MR) is 46.8 cm³/mol. The number of rotatable bonds is 3. The topological polar surface area (TPSA) is 42.0 Å². The smallest absolute Gasteiger partial charge is 0.205 e. The third kappa shape index (κ3) is 2.20. The predicted octanol–water partition coefficient (Wildman–Crippen LogP) is 0.997. The molecule has 0 aliphatic heterocycles. The normalized spacial score (nSPS) is 10.1. The zero-order valence-electron chi connectivity index (χ0n) is 6.82. The number of carbonyl (C=O) groups is 1. The van der Waals surface area contributed by atoms with Crippen LogP contribution in [0.15, 0.2) is 36.7 Å². The highest BCUT2D eigenvalue weighted by Gasteiger charge is 1.99. The van der Waals surface area contributed by atoms with E-state index in [2.05, 4.69) is 10.3 Å². The molecule has 0 spiro atoms. The van der Waals surface area contributed by atoms with Crippen molar-refractivity contribution in [3.8, 4) is 0 Å². The molecule has 0 aliphatic carbocycles. The van der Waals surface area contributed by atoms with E-state index in [-0.39, 0.29) is 5.78 Å². The monoisotopic (exact) mass is 162 g/mol. The van der Waals surface area contributed by atoms with Gasteiger partial charge in [-0.05, 0) is 12.1 Å². The van der Waals surface area contributed by atoms with Crippen molar-refractivity contribution in [2.75, 3.05) is 7.05 Å². The minimum absolute atomic E-state index is 0.0926. The first kappa shape index (κ1) is 8.46. The van der Waals surface area contributed by atoms with Crippen molar-refractivity contribution in [1.29, 1.82) is 0 Å². The molecule has 3 nitrogen and oxygen atoms in total. The molecule has 1 aromatic rings. The van der Waals surface area contributed by atoms with E-state index < -0.39 is 0 Å². The first-order valence-corrected chi connectivity index (χ1v) is 3.64. The van der Waals surface area contributed by atoms with Gasteiger partial charge in [-0.15, -0.1) is 0 Å². The lowest BCUT2D eigenvalue weighted by Gasteiger charge is -1.91. The van der Waals surface area contributed by atoms with Crippen molar-refractivity contribution in [2.45, 2.75) is 0 Å². The van der Waals surface area contributed by atoms with Gasteiger partial charge < -0.3 is 5.32 Å². The summed E-state index contributed by atoms with van der Waals surface area (Å²) in [5, 5.41) is 2.74. The summed E-state index contributed by atoms with van der Waals surface area (Å²) >= 11 is 0. The van der Waals surface area contributed by atoms with E-state index in [1.807, 2.05) is 0 Å². The van der Waals surface area contributed by atoms with E-state index in [9.17, 15) is 4.79 Å². The zero-order valence-corrected chi connectivity index (χ0v) is 6.82. The molecule has 0 bridgehead atoms. The minimum Gasteiger partial charge on any atom is -0.394 e. The number of hydrogen-bond acceptors (Lipinski definition) is 3. The van der Waals surface area contributed by atoms with Crippen molar-refractivity contribution < 1.29 is 4.79 Å². The van der Waals surface area contributed by atoms with E-state index in [4.69, 9.17) is 0 Å². The molecule has 0 atom stereocenters. The number of nitrogens with zero attached hydrogens (tertiary/aromatic N) is 1. The second-order valence-electron chi connectivity index (χ2n) is 2.20. The molecule has 0 saturated heterocycles. The Bertz CT molecular complexity index is 280. The number of ketones is 1. The summed E-state index contributed by atoms with van der Waals surface area (Å²) in [6.07, 6.45) is 4.62. The second kappa shape index (κ2) is 4.28. The number of aromatic nitrogens is 1. The molecule has 0 radical (unpaired) electrons. The molecule has 0 amide bonds. The van der Waals surface area contributed by atoms with Gasteiger partial charge in [0.15, 0.2) is 0 Å². The lowest BCUT2D eigenvalue weighted by molar-refractivity contribution is 0.104. The Kier molecular flexibility index (Phi) is 3.02.